The second kappa shape index (κ2) is 7.55. The molecular formula is C17H19N3O3S. The monoisotopic (exact) mass is 345 g/mol. The molecule has 2 aromatic rings. The third kappa shape index (κ3) is 4.18. The van der Waals surface area contributed by atoms with Gasteiger partial charge in [-0.15, -0.1) is 11.3 Å². The Morgan fingerprint density at radius 2 is 2.17 bits per heavy atom. The van der Waals surface area contributed by atoms with E-state index in [4.69, 9.17) is 4.74 Å². The van der Waals surface area contributed by atoms with Gasteiger partial charge in [0.15, 0.2) is 6.10 Å². The number of para-hydroxylation sites is 1. The Bertz CT molecular complexity index is 717. The van der Waals surface area contributed by atoms with Crippen LogP contribution in [0.15, 0.2) is 35.7 Å². The van der Waals surface area contributed by atoms with Gasteiger partial charge >= 0.3 is 0 Å². The predicted octanol–water partition coefficient (Wildman–Crippen LogP) is 1.86. The lowest BCUT2D eigenvalue weighted by molar-refractivity contribution is -0.144. The minimum atomic E-state index is -0.653. The van der Waals surface area contributed by atoms with Crippen LogP contribution in [-0.4, -0.2) is 47.5 Å². The van der Waals surface area contributed by atoms with Crippen LogP contribution in [0.3, 0.4) is 0 Å². The maximum absolute atomic E-state index is 12.4. The molecule has 1 atom stereocenters. The largest absolute Gasteiger partial charge is 0.365 e. The second-order valence-electron chi connectivity index (χ2n) is 5.59. The molecule has 0 unspecified atom stereocenters. The predicted molar refractivity (Wildman–Crippen MR) is 91.9 cm³/mol. The molecular weight excluding hydrogens is 326 g/mol. The lowest BCUT2D eigenvalue weighted by Gasteiger charge is -2.32. The number of hydrogen-bond donors (Lipinski definition) is 1. The van der Waals surface area contributed by atoms with E-state index in [1.165, 1.54) is 11.3 Å². The third-order valence-electron chi connectivity index (χ3n) is 3.75. The summed E-state index contributed by atoms with van der Waals surface area (Å²) < 4.78 is 5.53. The van der Waals surface area contributed by atoms with E-state index in [2.05, 4.69) is 10.3 Å². The number of carbonyl (C=O) groups excluding carboxylic acids is 2. The van der Waals surface area contributed by atoms with Crippen LogP contribution in [0.5, 0.6) is 0 Å². The molecule has 3 rings (SSSR count). The number of amides is 2. The molecule has 2 amide bonds. The van der Waals surface area contributed by atoms with Gasteiger partial charge in [0.2, 0.25) is 5.91 Å². The number of nitrogens with zero attached hydrogens (tertiary/aromatic N) is 2. The SMILES string of the molecule is Cc1nc(CC(=O)N2CCO[C@@H](C(=O)Nc3ccccc3)C2)cs1. The molecule has 1 aliphatic heterocycles. The van der Waals surface area contributed by atoms with Gasteiger partial charge in [0.25, 0.3) is 5.91 Å². The van der Waals surface area contributed by atoms with E-state index in [-0.39, 0.29) is 24.8 Å². The summed E-state index contributed by atoms with van der Waals surface area (Å²) in [5, 5.41) is 5.65. The summed E-state index contributed by atoms with van der Waals surface area (Å²) in [6, 6.07) is 9.21. The Labute approximate surface area is 144 Å². The van der Waals surface area contributed by atoms with Gasteiger partial charge in [-0.2, -0.15) is 0 Å². The number of carbonyl (C=O) groups is 2. The van der Waals surface area contributed by atoms with Crippen LogP contribution in [0.25, 0.3) is 0 Å². The standard InChI is InChI=1S/C17H19N3O3S/c1-12-18-14(11-24-12)9-16(21)20-7-8-23-15(10-20)17(22)19-13-5-3-2-4-6-13/h2-6,11,15H,7-10H2,1H3,(H,19,22)/t15-/m1/s1. The van der Waals surface area contributed by atoms with Gasteiger partial charge in [0.1, 0.15) is 0 Å². The van der Waals surface area contributed by atoms with Crippen LogP contribution in [0, 0.1) is 6.92 Å². The number of morpholine rings is 1. The van der Waals surface area contributed by atoms with Gasteiger partial charge < -0.3 is 15.0 Å². The van der Waals surface area contributed by atoms with Crippen molar-refractivity contribution in [2.75, 3.05) is 25.0 Å². The zero-order valence-electron chi connectivity index (χ0n) is 13.4. The highest BCUT2D eigenvalue weighted by Gasteiger charge is 2.29. The molecule has 1 N–H and O–H groups in total. The topological polar surface area (TPSA) is 71.5 Å². The molecule has 126 valence electrons. The van der Waals surface area contributed by atoms with E-state index in [9.17, 15) is 9.59 Å². The first-order valence-electron chi connectivity index (χ1n) is 7.78. The van der Waals surface area contributed by atoms with Gasteiger partial charge in [-0.1, -0.05) is 18.2 Å². The second-order valence-corrected chi connectivity index (χ2v) is 6.65. The lowest BCUT2D eigenvalue weighted by Crippen LogP contribution is -2.50. The number of thiazole rings is 1. The molecule has 24 heavy (non-hydrogen) atoms. The van der Waals surface area contributed by atoms with Crippen LogP contribution < -0.4 is 5.32 Å². The molecule has 1 aromatic heterocycles. The third-order valence-corrected chi connectivity index (χ3v) is 4.57. The van der Waals surface area contributed by atoms with Gasteiger partial charge in [0, 0.05) is 17.6 Å². The molecule has 2 heterocycles. The summed E-state index contributed by atoms with van der Waals surface area (Å²) in [5.74, 6) is -0.260. The molecule has 0 radical (unpaired) electrons. The van der Waals surface area contributed by atoms with Crippen molar-refractivity contribution in [3.63, 3.8) is 0 Å². The van der Waals surface area contributed by atoms with Crippen LogP contribution in [0.4, 0.5) is 5.69 Å². The van der Waals surface area contributed by atoms with E-state index >= 15 is 0 Å². The number of hydrogen-bond acceptors (Lipinski definition) is 5. The highest BCUT2D eigenvalue weighted by molar-refractivity contribution is 7.09. The molecule has 0 bridgehead atoms. The molecule has 1 saturated heterocycles. The Morgan fingerprint density at radius 1 is 1.38 bits per heavy atom. The van der Waals surface area contributed by atoms with E-state index < -0.39 is 6.10 Å². The first-order chi connectivity index (χ1) is 11.6. The highest BCUT2D eigenvalue weighted by atomic mass is 32.1. The quantitative estimate of drug-likeness (QED) is 0.918. The summed E-state index contributed by atoms with van der Waals surface area (Å²) in [6.45, 7) is 3.03. The zero-order chi connectivity index (χ0) is 16.9. The van der Waals surface area contributed by atoms with Gasteiger partial charge in [-0.3, -0.25) is 9.59 Å². The Hall–Kier alpha value is -2.25. The summed E-state index contributed by atoms with van der Waals surface area (Å²) in [4.78, 5) is 30.7. The summed E-state index contributed by atoms with van der Waals surface area (Å²) in [5.41, 5.74) is 1.49. The number of aryl methyl sites for hydroxylation is 1. The Balaban J connectivity index is 1.57. The maximum Gasteiger partial charge on any atom is 0.255 e. The maximum atomic E-state index is 12.4. The Morgan fingerprint density at radius 3 is 2.88 bits per heavy atom. The molecule has 0 spiro atoms. The number of rotatable bonds is 4. The molecule has 0 aliphatic carbocycles. The number of benzene rings is 1. The highest BCUT2D eigenvalue weighted by Crippen LogP contribution is 2.13. The fraction of sp³-hybridized carbons (Fsp3) is 0.353. The lowest BCUT2D eigenvalue weighted by atomic mass is 10.2. The van der Waals surface area contributed by atoms with Crippen molar-refractivity contribution >= 4 is 28.8 Å². The van der Waals surface area contributed by atoms with Crippen LogP contribution >= 0.6 is 11.3 Å². The number of ether oxygens (including phenoxy) is 1. The van der Waals surface area contributed by atoms with Crippen molar-refractivity contribution < 1.29 is 14.3 Å². The average Bonchev–Trinajstić information content (AvgIpc) is 3.00. The molecule has 0 saturated carbocycles. The van der Waals surface area contributed by atoms with Gasteiger partial charge in [-0.05, 0) is 19.1 Å². The fourth-order valence-electron chi connectivity index (χ4n) is 2.53. The van der Waals surface area contributed by atoms with Crippen LogP contribution in [-0.2, 0) is 20.7 Å². The van der Waals surface area contributed by atoms with Crippen LogP contribution in [0.2, 0.25) is 0 Å². The van der Waals surface area contributed by atoms with Gasteiger partial charge in [-0.25, -0.2) is 4.98 Å². The van der Waals surface area contributed by atoms with Gasteiger partial charge in [0.05, 0.1) is 30.3 Å². The van der Waals surface area contributed by atoms with E-state index in [0.717, 1.165) is 10.7 Å². The molecule has 1 fully saturated rings. The van der Waals surface area contributed by atoms with Crippen molar-refractivity contribution in [2.45, 2.75) is 19.4 Å². The van der Waals surface area contributed by atoms with Crippen molar-refractivity contribution in [3.05, 3.63) is 46.4 Å². The summed E-state index contributed by atoms with van der Waals surface area (Å²) in [7, 11) is 0. The first kappa shape index (κ1) is 16.6. The van der Waals surface area contributed by atoms with Crippen molar-refractivity contribution in [1.29, 1.82) is 0 Å². The fourth-order valence-corrected chi connectivity index (χ4v) is 3.15. The smallest absolute Gasteiger partial charge is 0.255 e. The minimum absolute atomic E-state index is 0.0267. The van der Waals surface area contributed by atoms with E-state index in [1.807, 2.05) is 42.6 Å². The summed E-state index contributed by atoms with van der Waals surface area (Å²) >= 11 is 1.53. The molecule has 1 aliphatic rings. The van der Waals surface area contributed by atoms with Crippen LogP contribution in [0.1, 0.15) is 10.7 Å². The number of aromatic nitrogens is 1. The molecule has 6 nitrogen and oxygen atoms in total. The molecule has 1 aromatic carbocycles. The van der Waals surface area contributed by atoms with E-state index in [0.29, 0.717) is 18.8 Å². The normalized spacial score (nSPS) is 17.5. The van der Waals surface area contributed by atoms with E-state index in [1.54, 1.807) is 4.90 Å². The average molecular weight is 345 g/mol. The first-order valence-corrected chi connectivity index (χ1v) is 8.66. The number of nitrogens with one attached hydrogen (secondary N) is 1. The van der Waals surface area contributed by atoms with Crippen molar-refractivity contribution in [3.8, 4) is 0 Å². The summed E-state index contributed by atoms with van der Waals surface area (Å²) in [6.07, 6.45) is -0.391. The zero-order valence-corrected chi connectivity index (χ0v) is 14.2. The Kier molecular flexibility index (Phi) is 5.22. The molecule has 7 heteroatoms. The minimum Gasteiger partial charge on any atom is -0.365 e. The van der Waals surface area contributed by atoms with Crippen molar-refractivity contribution in [1.82, 2.24) is 9.88 Å². The number of anilines is 1. The van der Waals surface area contributed by atoms with Crippen molar-refractivity contribution in [2.24, 2.45) is 0 Å².